The molecule has 0 aliphatic rings. The first-order chi connectivity index (χ1) is 15.6. The standard InChI is InChI=1S/C26H37N3O4/c1-6-7-8-9-17(20-12-11-19(29-32)16-23(20)33-5)15-24(30)28-22-14-18(25(27)31)10-13-21(22)26(2,3)4/h10-14,16-17,29,32H,6-9,15H2,1-5H3,(H2,27,31)(H,28,30). The largest absolute Gasteiger partial charge is 0.496 e. The van der Waals surface area contributed by atoms with Crippen molar-refractivity contribution in [3.63, 3.8) is 0 Å². The van der Waals surface area contributed by atoms with Crippen molar-refractivity contribution in [1.82, 2.24) is 0 Å². The fraction of sp³-hybridized carbons (Fsp3) is 0.462. The minimum Gasteiger partial charge on any atom is -0.496 e. The molecule has 0 spiro atoms. The molecule has 0 aliphatic heterocycles. The van der Waals surface area contributed by atoms with Crippen molar-refractivity contribution in [3.8, 4) is 5.75 Å². The summed E-state index contributed by atoms with van der Waals surface area (Å²) in [5.74, 6) is -0.119. The average Bonchev–Trinajstić information content (AvgIpc) is 2.77. The van der Waals surface area contributed by atoms with Crippen LogP contribution in [-0.4, -0.2) is 24.1 Å². The van der Waals surface area contributed by atoms with Gasteiger partial charge in [-0.05, 0) is 47.1 Å². The molecule has 0 heterocycles. The van der Waals surface area contributed by atoms with Gasteiger partial charge in [0.1, 0.15) is 5.75 Å². The summed E-state index contributed by atoms with van der Waals surface area (Å²) >= 11 is 0. The third kappa shape index (κ3) is 7.22. The molecule has 0 saturated heterocycles. The van der Waals surface area contributed by atoms with E-state index in [-0.39, 0.29) is 23.7 Å². The third-order valence-electron chi connectivity index (χ3n) is 5.78. The highest BCUT2D eigenvalue weighted by molar-refractivity contribution is 5.97. The Kier molecular flexibility index (Phi) is 9.29. The maximum atomic E-state index is 13.2. The van der Waals surface area contributed by atoms with Crippen molar-refractivity contribution in [1.29, 1.82) is 0 Å². The quantitative estimate of drug-likeness (QED) is 0.261. The van der Waals surface area contributed by atoms with E-state index in [4.69, 9.17) is 10.5 Å². The number of hydrogen-bond acceptors (Lipinski definition) is 5. The first kappa shape index (κ1) is 26.2. The lowest BCUT2D eigenvalue weighted by Gasteiger charge is -2.25. The Morgan fingerprint density at radius 3 is 2.42 bits per heavy atom. The number of methoxy groups -OCH3 is 1. The monoisotopic (exact) mass is 455 g/mol. The number of carbonyl (C=O) groups is 2. The van der Waals surface area contributed by atoms with Crippen molar-refractivity contribution in [2.45, 2.75) is 71.1 Å². The normalized spacial score (nSPS) is 12.2. The molecule has 0 fully saturated rings. The first-order valence-electron chi connectivity index (χ1n) is 11.4. The molecule has 0 radical (unpaired) electrons. The fourth-order valence-electron chi connectivity index (χ4n) is 4.01. The van der Waals surface area contributed by atoms with Gasteiger partial charge in [-0.25, -0.2) is 0 Å². The van der Waals surface area contributed by atoms with Crippen LogP contribution < -0.4 is 21.3 Å². The van der Waals surface area contributed by atoms with Crippen LogP contribution in [0.25, 0.3) is 0 Å². The van der Waals surface area contributed by atoms with E-state index in [0.717, 1.165) is 36.8 Å². The van der Waals surface area contributed by atoms with Crippen LogP contribution in [0.4, 0.5) is 11.4 Å². The molecule has 0 aromatic heterocycles. The van der Waals surface area contributed by atoms with Gasteiger partial charge in [-0.1, -0.05) is 59.1 Å². The van der Waals surface area contributed by atoms with Gasteiger partial charge in [-0.2, -0.15) is 0 Å². The highest BCUT2D eigenvalue weighted by atomic mass is 16.5. The Morgan fingerprint density at radius 1 is 1.12 bits per heavy atom. The van der Waals surface area contributed by atoms with Gasteiger partial charge in [0.15, 0.2) is 0 Å². The van der Waals surface area contributed by atoms with E-state index in [2.05, 4.69) is 38.5 Å². The molecule has 2 aromatic rings. The van der Waals surface area contributed by atoms with Gasteiger partial charge in [0.25, 0.3) is 0 Å². The van der Waals surface area contributed by atoms with Gasteiger partial charge >= 0.3 is 0 Å². The Balaban J connectivity index is 2.34. The van der Waals surface area contributed by atoms with Crippen LogP contribution in [-0.2, 0) is 10.2 Å². The first-order valence-corrected chi connectivity index (χ1v) is 11.4. The van der Waals surface area contributed by atoms with Crippen LogP contribution in [0.3, 0.4) is 0 Å². The summed E-state index contributed by atoms with van der Waals surface area (Å²) in [5.41, 5.74) is 10.7. The molecule has 7 heteroatoms. The molecule has 180 valence electrons. The average molecular weight is 456 g/mol. The van der Waals surface area contributed by atoms with Crippen molar-refractivity contribution < 1.29 is 19.5 Å². The minimum absolute atomic E-state index is 0.0587. The lowest BCUT2D eigenvalue weighted by atomic mass is 9.84. The SMILES string of the molecule is CCCCCC(CC(=O)Nc1cc(C(N)=O)ccc1C(C)(C)C)c1ccc(NO)cc1OC. The molecule has 7 nitrogen and oxygen atoms in total. The summed E-state index contributed by atoms with van der Waals surface area (Å²) in [4.78, 5) is 24.9. The van der Waals surface area contributed by atoms with E-state index in [1.807, 2.05) is 12.1 Å². The van der Waals surface area contributed by atoms with E-state index in [0.29, 0.717) is 22.7 Å². The van der Waals surface area contributed by atoms with E-state index < -0.39 is 5.91 Å². The number of anilines is 2. The molecule has 1 unspecified atom stereocenters. The van der Waals surface area contributed by atoms with Gasteiger partial charge < -0.3 is 15.8 Å². The second-order valence-corrected chi connectivity index (χ2v) is 9.39. The van der Waals surface area contributed by atoms with Crippen LogP contribution in [0.15, 0.2) is 36.4 Å². The second kappa shape index (κ2) is 11.7. The van der Waals surface area contributed by atoms with Crippen LogP contribution in [0.5, 0.6) is 5.75 Å². The van der Waals surface area contributed by atoms with E-state index >= 15 is 0 Å². The maximum absolute atomic E-state index is 13.2. The highest BCUT2D eigenvalue weighted by Gasteiger charge is 2.23. The molecule has 1 atom stereocenters. The summed E-state index contributed by atoms with van der Waals surface area (Å²) in [5, 5.41) is 12.2. The number of primary amides is 1. The number of rotatable bonds is 11. The van der Waals surface area contributed by atoms with Gasteiger partial charge in [-0.3, -0.25) is 20.3 Å². The smallest absolute Gasteiger partial charge is 0.248 e. The molecule has 2 rings (SSSR count). The topological polar surface area (TPSA) is 114 Å². The third-order valence-corrected chi connectivity index (χ3v) is 5.78. The number of nitrogens with two attached hydrogens (primary N) is 1. The zero-order valence-electron chi connectivity index (χ0n) is 20.3. The zero-order chi connectivity index (χ0) is 24.6. The van der Waals surface area contributed by atoms with E-state index in [1.54, 1.807) is 31.4 Å². The number of nitrogens with one attached hydrogen (secondary N) is 2. The zero-order valence-corrected chi connectivity index (χ0v) is 20.3. The lowest BCUT2D eigenvalue weighted by molar-refractivity contribution is -0.116. The van der Waals surface area contributed by atoms with Gasteiger partial charge in [0, 0.05) is 23.7 Å². The van der Waals surface area contributed by atoms with Crippen LogP contribution in [0.2, 0.25) is 0 Å². The molecule has 2 aromatic carbocycles. The van der Waals surface area contributed by atoms with Gasteiger partial charge in [0.05, 0.1) is 12.8 Å². The predicted molar refractivity (Wildman–Crippen MR) is 132 cm³/mol. The Labute approximate surface area is 196 Å². The summed E-state index contributed by atoms with van der Waals surface area (Å²) in [6.07, 6.45) is 4.24. The molecule has 33 heavy (non-hydrogen) atoms. The number of amides is 2. The number of benzene rings is 2. The Bertz CT molecular complexity index is 966. The summed E-state index contributed by atoms with van der Waals surface area (Å²) in [7, 11) is 1.58. The maximum Gasteiger partial charge on any atom is 0.248 e. The van der Waals surface area contributed by atoms with E-state index in [1.165, 1.54) is 0 Å². The van der Waals surface area contributed by atoms with Crippen molar-refractivity contribution in [3.05, 3.63) is 53.1 Å². The molecule has 0 bridgehead atoms. The highest BCUT2D eigenvalue weighted by Crippen LogP contribution is 2.36. The minimum atomic E-state index is -0.536. The molecule has 5 N–H and O–H groups in total. The molecular weight excluding hydrogens is 418 g/mol. The number of hydrogen-bond donors (Lipinski definition) is 4. The van der Waals surface area contributed by atoms with Crippen molar-refractivity contribution in [2.75, 3.05) is 17.9 Å². The second-order valence-electron chi connectivity index (χ2n) is 9.39. The van der Waals surface area contributed by atoms with Crippen LogP contribution in [0, 0.1) is 0 Å². The molecular formula is C26H37N3O4. The van der Waals surface area contributed by atoms with Gasteiger partial charge in [0.2, 0.25) is 11.8 Å². The predicted octanol–water partition coefficient (Wildman–Crippen LogP) is 5.59. The summed E-state index contributed by atoms with van der Waals surface area (Å²) < 4.78 is 5.55. The Morgan fingerprint density at radius 2 is 1.85 bits per heavy atom. The lowest BCUT2D eigenvalue weighted by Crippen LogP contribution is -2.22. The number of ether oxygens (including phenoxy) is 1. The van der Waals surface area contributed by atoms with Crippen LogP contribution in [0.1, 0.15) is 87.2 Å². The summed E-state index contributed by atoms with van der Waals surface area (Å²) in [6, 6.07) is 10.5. The number of carbonyl (C=O) groups excluding carboxylic acids is 2. The number of unbranched alkanes of at least 4 members (excludes halogenated alkanes) is 2. The summed E-state index contributed by atoms with van der Waals surface area (Å²) in [6.45, 7) is 8.30. The fourth-order valence-corrected chi connectivity index (χ4v) is 4.01. The van der Waals surface area contributed by atoms with Crippen LogP contribution >= 0.6 is 0 Å². The van der Waals surface area contributed by atoms with Crippen molar-refractivity contribution in [2.24, 2.45) is 5.73 Å². The Hall–Kier alpha value is -3.06. The molecule has 0 aliphatic carbocycles. The molecule has 0 saturated carbocycles. The van der Waals surface area contributed by atoms with E-state index in [9.17, 15) is 14.8 Å². The van der Waals surface area contributed by atoms with Gasteiger partial charge in [-0.15, -0.1) is 0 Å². The van der Waals surface area contributed by atoms with Crippen molar-refractivity contribution >= 4 is 23.2 Å². The molecule has 2 amide bonds.